The van der Waals surface area contributed by atoms with Gasteiger partial charge in [0.25, 0.3) is 5.91 Å². The van der Waals surface area contributed by atoms with Crippen LogP contribution in [0, 0.1) is 11.8 Å². The number of amides is 1. The number of carbonyl (C=O) groups excluding carboxylic acids is 1. The molecule has 2 aromatic rings. The lowest BCUT2D eigenvalue weighted by atomic mass is 10.1. The van der Waals surface area contributed by atoms with Crippen molar-refractivity contribution in [2.75, 3.05) is 13.6 Å². The molecule has 0 radical (unpaired) electrons. The predicted octanol–water partition coefficient (Wildman–Crippen LogP) is 2.67. The van der Waals surface area contributed by atoms with Gasteiger partial charge >= 0.3 is 0 Å². The first-order valence-corrected chi connectivity index (χ1v) is 6.19. The summed E-state index contributed by atoms with van der Waals surface area (Å²) in [4.78, 5) is 16.6. The van der Waals surface area contributed by atoms with Crippen molar-refractivity contribution < 1.29 is 13.6 Å². The van der Waals surface area contributed by atoms with Gasteiger partial charge in [0, 0.05) is 19.8 Å². The smallest absolute Gasteiger partial charge is 0.256 e. The van der Waals surface area contributed by atoms with Crippen molar-refractivity contribution in [1.82, 2.24) is 9.88 Å². The van der Waals surface area contributed by atoms with Gasteiger partial charge in [0.15, 0.2) is 5.82 Å². The molecule has 20 heavy (non-hydrogen) atoms. The van der Waals surface area contributed by atoms with Crippen LogP contribution >= 0.6 is 0 Å². The molecular weight excluding hydrogens is 262 g/mol. The van der Waals surface area contributed by atoms with Crippen LogP contribution in [0.4, 0.5) is 8.78 Å². The van der Waals surface area contributed by atoms with Crippen LogP contribution in [-0.4, -0.2) is 29.4 Å². The topological polar surface area (TPSA) is 33.2 Å². The van der Waals surface area contributed by atoms with Gasteiger partial charge in [0.1, 0.15) is 0 Å². The molecule has 1 aromatic heterocycles. The molecule has 0 spiro atoms. The zero-order valence-electron chi connectivity index (χ0n) is 11.0. The molecule has 104 valence electrons. The number of pyridine rings is 1. The third-order valence-electron chi connectivity index (χ3n) is 3.00. The minimum absolute atomic E-state index is 0.298. The molecule has 0 bridgehead atoms. The first-order valence-electron chi connectivity index (χ1n) is 6.19. The lowest BCUT2D eigenvalue weighted by Crippen LogP contribution is -2.29. The summed E-state index contributed by atoms with van der Waals surface area (Å²) in [5.74, 6) is -3.02. The van der Waals surface area contributed by atoms with Gasteiger partial charge < -0.3 is 4.90 Å². The Kier molecular flexibility index (Phi) is 4.40. The second kappa shape index (κ2) is 6.23. The standard InChI is InChI=1S/C15H14F2N2O/c1-19(10-8-11-5-3-2-4-6-11)15(20)12-7-9-18-14(17)13(12)16/h2-7,9H,8,10H2,1H3. The number of aromatic nitrogens is 1. The summed E-state index contributed by atoms with van der Waals surface area (Å²) in [7, 11) is 1.56. The maximum atomic E-state index is 13.5. The number of carbonyl (C=O) groups is 1. The predicted molar refractivity (Wildman–Crippen MR) is 71.3 cm³/mol. The van der Waals surface area contributed by atoms with E-state index < -0.39 is 17.7 Å². The number of rotatable bonds is 4. The van der Waals surface area contributed by atoms with Gasteiger partial charge in [-0.1, -0.05) is 30.3 Å². The van der Waals surface area contributed by atoms with Gasteiger partial charge in [-0.05, 0) is 18.1 Å². The van der Waals surface area contributed by atoms with E-state index in [0.29, 0.717) is 13.0 Å². The van der Waals surface area contributed by atoms with Crippen LogP contribution in [0.25, 0.3) is 0 Å². The van der Waals surface area contributed by atoms with Crippen molar-refractivity contribution in [1.29, 1.82) is 0 Å². The summed E-state index contributed by atoms with van der Waals surface area (Å²) in [6.45, 7) is 0.423. The molecular formula is C15H14F2N2O. The van der Waals surface area contributed by atoms with Crippen molar-refractivity contribution in [2.45, 2.75) is 6.42 Å². The van der Waals surface area contributed by atoms with Gasteiger partial charge in [-0.3, -0.25) is 4.79 Å². The van der Waals surface area contributed by atoms with E-state index in [2.05, 4.69) is 4.98 Å². The molecule has 0 atom stereocenters. The average molecular weight is 276 g/mol. The summed E-state index contributed by atoms with van der Waals surface area (Å²) in [5, 5.41) is 0. The number of nitrogens with zero attached hydrogens (tertiary/aromatic N) is 2. The SMILES string of the molecule is CN(CCc1ccccc1)C(=O)c1ccnc(F)c1F. The molecule has 0 aliphatic rings. The second-order valence-electron chi connectivity index (χ2n) is 4.43. The Bertz CT molecular complexity index is 602. The molecule has 0 fully saturated rings. The van der Waals surface area contributed by atoms with Gasteiger partial charge in [-0.2, -0.15) is 4.39 Å². The minimum Gasteiger partial charge on any atom is -0.341 e. The van der Waals surface area contributed by atoms with Gasteiger partial charge in [0.05, 0.1) is 5.56 Å². The Morgan fingerprint density at radius 3 is 2.60 bits per heavy atom. The number of benzene rings is 1. The fourth-order valence-electron chi connectivity index (χ4n) is 1.83. The first-order chi connectivity index (χ1) is 9.59. The summed E-state index contributed by atoms with van der Waals surface area (Å²) >= 11 is 0. The Morgan fingerprint density at radius 1 is 1.20 bits per heavy atom. The van der Waals surface area contributed by atoms with Crippen LogP contribution in [0.3, 0.4) is 0 Å². The highest BCUT2D eigenvalue weighted by molar-refractivity contribution is 5.94. The fraction of sp³-hybridized carbons (Fsp3) is 0.200. The molecule has 0 N–H and O–H groups in total. The molecule has 0 aliphatic carbocycles. The first kappa shape index (κ1) is 14.1. The molecule has 5 heteroatoms. The molecule has 1 amide bonds. The Morgan fingerprint density at radius 2 is 1.90 bits per heavy atom. The van der Waals surface area contributed by atoms with Crippen molar-refractivity contribution >= 4 is 5.91 Å². The van der Waals surface area contributed by atoms with E-state index in [4.69, 9.17) is 0 Å². The van der Waals surface area contributed by atoms with Crippen LogP contribution in [0.15, 0.2) is 42.6 Å². The Hall–Kier alpha value is -2.30. The molecule has 0 unspecified atom stereocenters. The van der Waals surface area contributed by atoms with E-state index in [0.717, 1.165) is 11.8 Å². The van der Waals surface area contributed by atoms with Crippen molar-refractivity contribution in [2.24, 2.45) is 0 Å². The maximum Gasteiger partial charge on any atom is 0.256 e. The van der Waals surface area contributed by atoms with Gasteiger partial charge in [-0.15, -0.1) is 0 Å². The van der Waals surface area contributed by atoms with Crippen molar-refractivity contribution in [3.05, 3.63) is 65.5 Å². The quantitative estimate of drug-likeness (QED) is 0.804. The zero-order chi connectivity index (χ0) is 14.5. The highest BCUT2D eigenvalue weighted by atomic mass is 19.2. The molecule has 0 saturated heterocycles. The van der Waals surface area contributed by atoms with Gasteiger partial charge in [0.2, 0.25) is 5.95 Å². The molecule has 0 saturated carbocycles. The normalized spacial score (nSPS) is 10.3. The third-order valence-corrected chi connectivity index (χ3v) is 3.00. The molecule has 2 rings (SSSR count). The monoisotopic (exact) mass is 276 g/mol. The van der Waals surface area contributed by atoms with E-state index in [-0.39, 0.29) is 5.56 Å². The summed E-state index contributed by atoms with van der Waals surface area (Å²) in [6, 6.07) is 10.8. The molecule has 1 aromatic carbocycles. The number of halogens is 2. The van der Waals surface area contributed by atoms with Gasteiger partial charge in [-0.25, -0.2) is 9.37 Å². The lowest BCUT2D eigenvalue weighted by Gasteiger charge is -2.17. The Balaban J connectivity index is 2.04. The Labute approximate surface area is 115 Å². The zero-order valence-corrected chi connectivity index (χ0v) is 11.0. The summed E-state index contributed by atoms with van der Waals surface area (Å²) < 4.78 is 26.5. The van der Waals surface area contributed by atoms with E-state index >= 15 is 0 Å². The van der Waals surface area contributed by atoms with E-state index in [9.17, 15) is 13.6 Å². The number of hydrogen-bond donors (Lipinski definition) is 0. The molecule has 3 nitrogen and oxygen atoms in total. The van der Waals surface area contributed by atoms with Crippen molar-refractivity contribution in [3.8, 4) is 0 Å². The second-order valence-corrected chi connectivity index (χ2v) is 4.43. The minimum atomic E-state index is -1.26. The third kappa shape index (κ3) is 3.17. The molecule has 0 aliphatic heterocycles. The van der Waals surface area contributed by atoms with Crippen LogP contribution in [0.1, 0.15) is 15.9 Å². The van der Waals surface area contributed by atoms with Crippen molar-refractivity contribution in [3.63, 3.8) is 0 Å². The highest BCUT2D eigenvalue weighted by Gasteiger charge is 2.19. The van der Waals surface area contributed by atoms with E-state index in [1.165, 1.54) is 11.0 Å². The highest BCUT2D eigenvalue weighted by Crippen LogP contribution is 2.11. The fourth-order valence-corrected chi connectivity index (χ4v) is 1.83. The van der Waals surface area contributed by atoms with Crippen LogP contribution in [0.5, 0.6) is 0 Å². The van der Waals surface area contributed by atoms with Crippen LogP contribution in [0.2, 0.25) is 0 Å². The van der Waals surface area contributed by atoms with Crippen LogP contribution in [-0.2, 0) is 6.42 Å². The number of likely N-dealkylation sites (N-methyl/N-ethyl adjacent to an activating group) is 1. The van der Waals surface area contributed by atoms with E-state index in [1.807, 2.05) is 30.3 Å². The number of hydrogen-bond acceptors (Lipinski definition) is 2. The average Bonchev–Trinajstić information content (AvgIpc) is 2.48. The lowest BCUT2D eigenvalue weighted by molar-refractivity contribution is 0.0790. The summed E-state index contributed by atoms with van der Waals surface area (Å²) in [5.41, 5.74) is 0.779. The van der Waals surface area contributed by atoms with Crippen LogP contribution < -0.4 is 0 Å². The molecule has 1 heterocycles. The summed E-state index contributed by atoms with van der Waals surface area (Å²) in [6.07, 6.45) is 1.73. The maximum absolute atomic E-state index is 13.5. The van der Waals surface area contributed by atoms with E-state index in [1.54, 1.807) is 7.05 Å². The largest absolute Gasteiger partial charge is 0.341 e.